The third-order valence-electron chi connectivity index (χ3n) is 3.72. The van der Waals surface area contributed by atoms with Crippen LogP contribution in [0.2, 0.25) is 0 Å². The molecule has 0 saturated heterocycles. The lowest BCUT2D eigenvalue weighted by Crippen LogP contribution is -2.26. The summed E-state index contributed by atoms with van der Waals surface area (Å²) >= 11 is 0. The Labute approximate surface area is 117 Å². The summed E-state index contributed by atoms with van der Waals surface area (Å²) in [4.78, 5) is 33.9. The van der Waals surface area contributed by atoms with Crippen LogP contribution in [0.25, 0.3) is 0 Å². The smallest absolute Gasteiger partial charge is 0.310 e. The molecule has 0 spiro atoms. The van der Waals surface area contributed by atoms with Crippen LogP contribution in [0.1, 0.15) is 32.1 Å². The van der Waals surface area contributed by atoms with Crippen molar-refractivity contribution in [2.45, 2.75) is 38.2 Å². The molecule has 2 aliphatic rings. The predicted octanol–water partition coefficient (Wildman–Crippen LogP) is 0.708. The standard InChI is InChI=1S/C14H19NO5/c1-19-11-4-2-3-9(5-11)8-20-13(17)7-10-6-12(16)15-14(10)18/h6,9,11H,2-5,7-8H2,1H3,(H,15,16,18)/t9-,11?/m0/s1. The molecule has 0 aromatic heterocycles. The fourth-order valence-electron chi connectivity index (χ4n) is 2.61. The van der Waals surface area contributed by atoms with E-state index in [0.717, 1.165) is 31.8 Å². The minimum atomic E-state index is -0.510. The van der Waals surface area contributed by atoms with Crippen molar-refractivity contribution in [2.24, 2.45) is 5.92 Å². The number of carbonyl (C=O) groups is 3. The summed E-state index contributed by atoms with van der Waals surface area (Å²) in [6, 6.07) is 0. The summed E-state index contributed by atoms with van der Waals surface area (Å²) < 4.78 is 10.5. The molecule has 20 heavy (non-hydrogen) atoms. The van der Waals surface area contributed by atoms with Gasteiger partial charge in [0.2, 0.25) is 0 Å². The van der Waals surface area contributed by atoms with Gasteiger partial charge in [0.05, 0.1) is 19.1 Å². The Hall–Kier alpha value is -1.69. The third kappa shape index (κ3) is 3.90. The van der Waals surface area contributed by atoms with Crippen molar-refractivity contribution >= 4 is 17.8 Å². The van der Waals surface area contributed by atoms with Crippen LogP contribution in [0.4, 0.5) is 0 Å². The van der Waals surface area contributed by atoms with Gasteiger partial charge in [0, 0.05) is 18.8 Å². The lowest BCUT2D eigenvalue weighted by molar-refractivity contribution is -0.145. The van der Waals surface area contributed by atoms with Crippen LogP contribution in [0.15, 0.2) is 11.6 Å². The topological polar surface area (TPSA) is 81.7 Å². The van der Waals surface area contributed by atoms with Crippen LogP contribution in [-0.4, -0.2) is 37.6 Å². The van der Waals surface area contributed by atoms with E-state index in [1.165, 1.54) is 0 Å². The molecule has 0 aromatic rings. The van der Waals surface area contributed by atoms with Gasteiger partial charge >= 0.3 is 5.97 Å². The summed E-state index contributed by atoms with van der Waals surface area (Å²) in [5, 5.41) is 2.10. The zero-order valence-corrected chi connectivity index (χ0v) is 11.5. The number of ether oxygens (including phenoxy) is 2. The van der Waals surface area contributed by atoms with Gasteiger partial charge in [0.25, 0.3) is 11.8 Å². The maximum Gasteiger partial charge on any atom is 0.310 e. The molecule has 6 nitrogen and oxygen atoms in total. The number of rotatable bonds is 5. The van der Waals surface area contributed by atoms with Gasteiger partial charge in [-0.25, -0.2) is 0 Å². The van der Waals surface area contributed by atoms with Crippen LogP contribution in [-0.2, 0) is 23.9 Å². The first-order valence-corrected chi connectivity index (χ1v) is 6.82. The lowest BCUT2D eigenvalue weighted by atomic mass is 9.88. The first kappa shape index (κ1) is 14.7. The second-order valence-corrected chi connectivity index (χ2v) is 5.24. The summed E-state index contributed by atoms with van der Waals surface area (Å²) in [6.07, 6.45) is 5.27. The number of nitrogens with one attached hydrogen (secondary N) is 1. The van der Waals surface area contributed by atoms with E-state index in [1.54, 1.807) is 7.11 Å². The van der Waals surface area contributed by atoms with Crippen molar-refractivity contribution < 1.29 is 23.9 Å². The average molecular weight is 281 g/mol. The van der Waals surface area contributed by atoms with Crippen LogP contribution >= 0.6 is 0 Å². The summed E-state index contributed by atoms with van der Waals surface area (Å²) in [6.45, 7) is 0.349. The number of amides is 2. The second kappa shape index (κ2) is 6.65. The Balaban J connectivity index is 1.74. The molecule has 1 N–H and O–H groups in total. The van der Waals surface area contributed by atoms with E-state index in [1.807, 2.05) is 0 Å². The van der Waals surface area contributed by atoms with Gasteiger partial charge in [0.1, 0.15) is 0 Å². The van der Waals surface area contributed by atoms with E-state index in [9.17, 15) is 14.4 Å². The van der Waals surface area contributed by atoms with E-state index in [-0.39, 0.29) is 18.1 Å². The van der Waals surface area contributed by atoms with Crippen LogP contribution in [0, 0.1) is 5.92 Å². The molecular formula is C14H19NO5. The molecule has 0 aromatic carbocycles. The van der Waals surface area contributed by atoms with Crippen molar-refractivity contribution in [3.8, 4) is 0 Å². The maximum atomic E-state index is 11.7. The Morgan fingerprint density at radius 3 is 2.85 bits per heavy atom. The van der Waals surface area contributed by atoms with Crippen molar-refractivity contribution in [3.63, 3.8) is 0 Å². The van der Waals surface area contributed by atoms with Gasteiger partial charge < -0.3 is 9.47 Å². The first-order valence-electron chi connectivity index (χ1n) is 6.82. The van der Waals surface area contributed by atoms with Gasteiger partial charge in [0.15, 0.2) is 0 Å². The molecule has 2 amide bonds. The molecule has 2 rings (SSSR count). The molecule has 1 aliphatic heterocycles. The monoisotopic (exact) mass is 281 g/mol. The molecule has 0 bridgehead atoms. The fourth-order valence-corrected chi connectivity index (χ4v) is 2.61. The third-order valence-corrected chi connectivity index (χ3v) is 3.72. The Bertz CT molecular complexity index is 443. The van der Waals surface area contributed by atoms with Gasteiger partial charge in [-0.2, -0.15) is 0 Å². The molecule has 110 valence electrons. The van der Waals surface area contributed by atoms with Crippen molar-refractivity contribution in [1.82, 2.24) is 5.32 Å². The van der Waals surface area contributed by atoms with E-state index in [4.69, 9.17) is 9.47 Å². The van der Waals surface area contributed by atoms with Crippen LogP contribution in [0.5, 0.6) is 0 Å². The minimum Gasteiger partial charge on any atom is -0.465 e. The summed E-state index contributed by atoms with van der Waals surface area (Å²) in [5.74, 6) is -1.15. The molecule has 1 fully saturated rings. The normalized spacial score (nSPS) is 26.1. The number of imide groups is 1. The van der Waals surface area contributed by atoms with Crippen LogP contribution < -0.4 is 5.32 Å². The van der Waals surface area contributed by atoms with Crippen molar-refractivity contribution in [3.05, 3.63) is 11.6 Å². The van der Waals surface area contributed by atoms with Gasteiger partial charge in [-0.15, -0.1) is 0 Å². The number of methoxy groups -OCH3 is 1. The molecule has 2 atom stereocenters. The molecule has 1 unspecified atom stereocenters. The van der Waals surface area contributed by atoms with E-state index in [0.29, 0.717) is 12.5 Å². The quantitative estimate of drug-likeness (QED) is 0.593. The second-order valence-electron chi connectivity index (χ2n) is 5.24. The van der Waals surface area contributed by atoms with Gasteiger partial charge in [-0.05, 0) is 25.2 Å². The van der Waals surface area contributed by atoms with Gasteiger partial charge in [-0.3, -0.25) is 19.7 Å². The minimum absolute atomic E-state index is 0.155. The maximum absolute atomic E-state index is 11.7. The lowest BCUT2D eigenvalue weighted by Gasteiger charge is -2.27. The SMILES string of the molecule is COC1CCC[C@H](COC(=O)CC2=CC(=O)NC2=O)C1. The van der Waals surface area contributed by atoms with E-state index in [2.05, 4.69) is 5.32 Å². The average Bonchev–Trinajstić information content (AvgIpc) is 2.75. The number of hydrogen-bond donors (Lipinski definition) is 1. The molecule has 1 saturated carbocycles. The van der Waals surface area contributed by atoms with E-state index >= 15 is 0 Å². The Morgan fingerprint density at radius 2 is 2.20 bits per heavy atom. The highest BCUT2D eigenvalue weighted by Crippen LogP contribution is 2.26. The predicted molar refractivity (Wildman–Crippen MR) is 69.6 cm³/mol. The van der Waals surface area contributed by atoms with Crippen molar-refractivity contribution in [1.29, 1.82) is 0 Å². The van der Waals surface area contributed by atoms with Crippen LogP contribution in [0.3, 0.4) is 0 Å². The highest BCUT2D eigenvalue weighted by Gasteiger charge is 2.25. The highest BCUT2D eigenvalue weighted by molar-refractivity contribution is 6.17. The summed E-state index contributed by atoms with van der Waals surface area (Å²) in [5.41, 5.74) is 0.165. The van der Waals surface area contributed by atoms with E-state index < -0.39 is 17.8 Å². The number of esters is 1. The number of hydrogen-bond acceptors (Lipinski definition) is 5. The zero-order chi connectivity index (χ0) is 14.5. The largest absolute Gasteiger partial charge is 0.465 e. The molecule has 1 aliphatic carbocycles. The molecular weight excluding hydrogens is 262 g/mol. The zero-order valence-electron chi connectivity index (χ0n) is 11.5. The number of carbonyl (C=O) groups excluding carboxylic acids is 3. The molecule has 6 heteroatoms. The molecule has 1 heterocycles. The first-order chi connectivity index (χ1) is 9.58. The Kier molecular flexibility index (Phi) is 4.89. The van der Waals surface area contributed by atoms with Gasteiger partial charge in [-0.1, -0.05) is 6.42 Å². The Morgan fingerprint density at radius 1 is 1.40 bits per heavy atom. The highest BCUT2D eigenvalue weighted by atomic mass is 16.5. The summed E-state index contributed by atoms with van der Waals surface area (Å²) in [7, 11) is 1.70. The molecule has 0 radical (unpaired) electrons. The van der Waals surface area contributed by atoms with Crippen molar-refractivity contribution in [2.75, 3.05) is 13.7 Å². The fraction of sp³-hybridized carbons (Fsp3) is 0.643.